The Morgan fingerprint density at radius 1 is 1.50 bits per heavy atom. The van der Waals surface area contributed by atoms with E-state index in [1.807, 2.05) is 19.9 Å². The van der Waals surface area contributed by atoms with E-state index >= 15 is 0 Å². The number of nitrogens with zero attached hydrogens (tertiary/aromatic N) is 2. The van der Waals surface area contributed by atoms with Gasteiger partial charge in [-0.3, -0.25) is 0 Å². The summed E-state index contributed by atoms with van der Waals surface area (Å²) in [7, 11) is 0. The zero-order valence-electron chi connectivity index (χ0n) is 10.4. The third kappa shape index (κ3) is 1.81. The minimum Gasteiger partial charge on any atom is -0.390 e. The number of nitrogens with two attached hydrogens (primary N) is 1. The fraction of sp³-hybridized carbons (Fsp3) is 0.500. The highest BCUT2D eigenvalue weighted by Gasteiger charge is 2.36. The summed E-state index contributed by atoms with van der Waals surface area (Å²) >= 11 is 1.52. The average Bonchev–Trinajstić information content (AvgIpc) is 2.99. The molecular weight excluding hydrogens is 250 g/mol. The summed E-state index contributed by atoms with van der Waals surface area (Å²) in [4.78, 5) is 5.56. The third-order valence-corrected chi connectivity index (χ3v) is 4.11. The molecule has 0 amide bonds. The second-order valence-electron chi connectivity index (χ2n) is 4.74. The van der Waals surface area contributed by atoms with Crippen LogP contribution in [0.25, 0.3) is 11.5 Å². The molecule has 2 aromatic rings. The van der Waals surface area contributed by atoms with Gasteiger partial charge in [0.15, 0.2) is 0 Å². The van der Waals surface area contributed by atoms with Gasteiger partial charge in [-0.2, -0.15) is 4.98 Å². The SMILES string of the molecule is Cc1cc(-c2nc(C3(C)CCCO3)no2)c(N)s1. The Kier molecular flexibility index (Phi) is 2.64. The summed E-state index contributed by atoms with van der Waals surface area (Å²) in [6.07, 6.45) is 1.95. The molecule has 0 saturated carbocycles. The summed E-state index contributed by atoms with van der Waals surface area (Å²) in [5.74, 6) is 1.09. The van der Waals surface area contributed by atoms with E-state index in [4.69, 9.17) is 15.0 Å². The number of aryl methyl sites for hydroxylation is 1. The molecule has 18 heavy (non-hydrogen) atoms. The molecule has 5 nitrogen and oxygen atoms in total. The highest BCUT2D eigenvalue weighted by atomic mass is 32.1. The number of nitrogen functional groups attached to an aromatic ring is 1. The van der Waals surface area contributed by atoms with Gasteiger partial charge in [-0.25, -0.2) is 0 Å². The summed E-state index contributed by atoms with van der Waals surface area (Å²) in [6, 6.07) is 1.97. The number of hydrogen-bond acceptors (Lipinski definition) is 6. The van der Waals surface area contributed by atoms with Crippen LogP contribution in [0.5, 0.6) is 0 Å². The molecule has 1 aliphatic rings. The van der Waals surface area contributed by atoms with Crippen LogP contribution in [0.3, 0.4) is 0 Å². The Balaban J connectivity index is 1.96. The van der Waals surface area contributed by atoms with Crippen LogP contribution in [0.2, 0.25) is 0 Å². The van der Waals surface area contributed by atoms with Crippen molar-refractivity contribution >= 4 is 16.3 Å². The topological polar surface area (TPSA) is 74.2 Å². The van der Waals surface area contributed by atoms with E-state index in [0.29, 0.717) is 16.7 Å². The molecule has 3 rings (SSSR count). The Morgan fingerprint density at radius 2 is 2.33 bits per heavy atom. The Labute approximate surface area is 109 Å². The van der Waals surface area contributed by atoms with Crippen molar-refractivity contribution in [1.29, 1.82) is 0 Å². The van der Waals surface area contributed by atoms with Crippen molar-refractivity contribution in [3.8, 4) is 11.5 Å². The first-order valence-electron chi connectivity index (χ1n) is 5.93. The molecule has 2 aromatic heterocycles. The largest absolute Gasteiger partial charge is 0.390 e. The molecular formula is C12H15N3O2S. The molecule has 3 heterocycles. The minimum absolute atomic E-state index is 0.415. The molecule has 0 aliphatic carbocycles. The van der Waals surface area contributed by atoms with Crippen LogP contribution < -0.4 is 5.73 Å². The van der Waals surface area contributed by atoms with Crippen LogP contribution in [0, 0.1) is 6.92 Å². The number of thiophene rings is 1. The van der Waals surface area contributed by atoms with E-state index in [1.165, 1.54) is 11.3 Å². The zero-order valence-corrected chi connectivity index (χ0v) is 11.2. The number of ether oxygens (including phenoxy) is 1. The van der Waals surface area contributed by atoms with Crippen molar-refractivity contribution < 1.29 is 9.26 Å². The van der Waals surface area contributed by atoms with Gasteiger partial charge in [0.2, 0.25) is 5.82 Å². The normalized spacial score (nSPS) is 23.7. The number of hydrogen-bond donors (Lipinski definition) is 1. The smallest absolute Gasteiger partial charge is 0.261 e. The molecule has 1 saturated heterocycles. The van der Waals surface area contributed by atoms with Crippen molar-refractivity contribution in [2.24, 2.45) is 0 Å². The molecule has 6 heteroatoms. The minimum atomic E-state index is -0.415. The summed E-state index contributed by atoms with van der Waals surface area (Å²) in [6.45, 7) is 4.75. The summed E-state index contributed by atoms with van der Waals surface area (Å²) in [5, 5.41) is 4.74. The van der Waals surface area contributed by atoms with Gasteiger partial charge in [-0.1, -0.05) is 5.16 Å². The summed E-state index contributed by atoms with van der Waals surface area (Å²) in [5.41, 5.74) is 6.33. The lowest BCUT2D eigenvalue weighted by Gasteiger charge is -2.17. The van der Waals surface area contributed by atoms with Gasteiger partial charge in [0, 0.05) is 11.5 Å². The molecule has 0 spiro atoms. The first-order chi connectivity index (χ1) is 8.58. The van der Waals surface area contributed by atoms with Gasteiger partial charge in [-0.05, 0) is 32.8 Å². The van der Waals surface area contributed by atoms with Gasteiger partial charge in [0.1, 0.15) is 5.60 Å². The lowest BCUT2D eigenvalue weighted by Crippen LogP contribution is -2.21. The standard InChI is InChI=1S/C12H15N3O2S/c1-7-6-8(9(13)18-7)10-14-11(15-17-10)12(2)4-3-5-16-12/h6H,3-5,13H2,1-2H3. The highest BCUT2D eigenvalue weighted by Crippen LogP contribution is 2.37. The zero-order chi connectivity index (χ0) is 12.8. The maximum absolute atomic E-state index is 5.93. The second-order valence-corrected chi connectivity index (χ2v) is 6.03. The van der Waals surface area contributed by atoms with E-state index < -0.39 is 5.60 Å². The number of rotatable bonds is 2. The van der Waals surface area contributed by atoms with Crippen molar-refractivity contribution in [3.63, 3.8) is 0 Å². The quantitative estimate of drug-likeness (QED) is 0.903. The molecule has 0 bridgehead atoms. The Bertz CT molecular complexity index is 570. The predicted octanol–water partition coefficient (Wildman–Crippen LogP) is 2.71. The maximum Gasteiger partial charge on any atom is 0.261 e. The van der Waals surface area contributed by atoms with E-state index in [2.05, 4.69) is 10.1 Å². The van der Waals surface area contributed by atoms with Crippen LogP contribution in [0.15, 0.2) is 10.6 Å². The summed E-state index contributed by atoms with van der Waals surface area (Å²) < 4.78 is 11.0. The van der Waals surface area contributed by atoms with Gasteiger partial charge in [0.05, 0.1) is 10.6 Å². The van der Waals surface area contributed by atoms with Crippen LogP contribution in [-0.2, 0) is 10.3 Å². The highest BCUT2D eigenvalue weighted by molar-refractivity contribution is 7.16. The first kappa shape index (κ1) is 11.7. The van der Waals surface area contributed by atoms with Crippen molar-refractivity contribution in [2.45, 2.75) is 32.3 Å². The molecule has 1 unspecified atom stereocenters. The van der Waals surface area contributed by atoms with Crippen molar-refractivity contribution in [2.75, 3.05) is 12.3 Å². The van der Waals surface area contributed by atoms with Crippen molar-refractivity contribution in [3.05, 3.63) is 16.8 Å². The Morgan fingerprint density at radius 3 is 2.94 bits per heavy atom. The van der Waals surface area contributed by atoms with E-state index in [9.17, 15) is 0 Å². The van der Waals surface area contributed by atoms with Crippen molar-refractivity contribution in [1.82, 2.24) is 10.1 Å². The number of aromatic nitrogens is 2. The fourth-order valence-corrected chi connectivity index (χ4v) is 2.98. The van der Waals surface area contributed by atoms with Crippen LogP contribution >= 0.6 is 11.3 Å². The first-order valence-corrected chi connectivity index (χ1v) is 6.74. The lowest BCUT2D eigenvalue weighted by molar-refractivity contribution is 0.00768. The molecule has 1 atom stereocenters. The van der Waals surface area contributed by atoms with E-state index in [-0.39, 0.29) is 0 Å². The van der Waals surface area contributed by atoms with E-state index in [1.54, 1.807) is 0 Å². The molecule has 96 valence electrons. The molecule has 1 aliphatic heterocycles. The average molecular weight is 265 g/mol. The Hall–Kier alpha value is -1.40. The number of anilines is 1. The van der Waals surface area contributed by atoms with Crippen LogP contribution in [0.1, 0.15) is 30.5 Å². The predicted molar refractivity (Wildman–Crippen MR) is 69.3 cm³/mol. The molecule has 0 aromatic carbocycles. The molecule has 1 fully saturated rings. The van der Waals surface area contributed by atoms with Crippen LogP contribution in [0.4, 0.5) is 5.00 Å². The molecule has 2 N–H and O–H groups in total. The fourth-order valence-electron chi connectivity index (χ4n) is 2.20. The van der Waals surface area contributed by atoms with Crippen LogP contribution in [-0.4, -0.2) is 16.7 Å². The maximum atomic E-state index is 5.93. The van der Waals surface area contributed by atoms with E-state index in [0.717, 1.165) is 29.9 Å². The van der Waals surface area contributed by atoms with Gasteiger partial charge in [0.25, 0.3) is 5.89 Å². The lowest BCUT2D eigenvalue weighted by atomic mass is 10.0. The second kappa shape index (κ2) is 4.07. The molecule has 0 radical (unpaired) electrons. The monoisotopic (exact) mass is 265 g/mol. The van der Waals surface area contributed by atoms with Gasteiger partial charge < -0.3 is 15.0 Å². The third-order valence-electron chi connectivity index (χ3n) is 3.23. The van der Waals surface area contributed by atoms with Gasteiger partial charge in [-0.15, -0.1) is 11.3 Å². The van der Waals surface area contributed by atoms with Gasteiger partial charge >= 0.3 is 0 Å².